The van der Waals surface area contributed by atoms with Gasteiger partial charge in [-0.15, -0.1) is 23.7 Å². The maximum atomic E-state index is 5.48. The number of aryl methyl sites for hydroxylation is 1. The molecule has 0 saturated carbocycles. The Morgan fingerprint density at radius 2 is 2.23 bits per heavy atom. The summed E-state index contributed by atoms with van der Waals surface area (Å²) in [7, 11) is 0. The average molecular weight is 219 g/mol. The second-order valence-corrected chi connectivity index (χ2v) is 3.15. The first-order valence-corrected chi connectivity index (χ1v) is 4.16. The highest BCUT2D eigenvalue weighted by molar-refractivity contribution is 7.13. The lowest BCUT2D eigenvalue weighted by atomic mass is 10.4. The van der Waals surface area contributed by atoms with Gasteiger partial charge in [-0.2, -0.15) is 0 Å². The van der Waals surface area contributed by atoms with Crippen molar-refractivity contribution in [1.29, 1.82) is 0 Å². The number of rotatable bonds is 1. The summed E-state index contributed by atoms with van der Waals surface area (Å²) in [5, 5.41) is 9.76. The molecule has 0 aliphatic heterocycles. The molecule has 2 aromatic heterocycles. The maximum Gasteiger partial charge on any atom is 0.198 e. The molecule has 0 fully saturated rings. The van der Waals surface area contributed by atoms with E-state index < -0.39 is 0 Å². The number of thiazole rings is 1. The lowest BCUT2D eigenvalue weighted by molar-refractivity contribution is 0.310. The van der Waals surface area contributed by atoms with Gasteiger partial charge < -0.3 is 5.73 Å². The molecule has 70 valence electrons. The van der Waals surface area contributed by atoms with Crippen LogP contribution >= 0.6 is 23.7 Å². The monoisotopic (exact) mass is 218 g/mol. The highest BCUT2D eigenvalue weighted by Crippen LogP contribution is 2.24. The van der Waals surface area contributed by atoms with E-state index >= 15 is 0 Å². The van der Waals surface area contributed by atoms with E-state index in [0.29, 0.717) is 5.69 Å². The van der Waals surface area contributed by atoms with Gasteiger partial charge in [0.1, 0.15) is 5.01 Å². The van der Waals surface area contributed by atoms with Gasteiger partial charge in [-0.3, -0.25) is 0 Å². The summed E-state index contributed by atoms with van der Waals surface area (Å²) in [5.74, 6) is 0.282. The van der Waals surface area contributed by atoms with Crippen molar-refractivity contribution in [2.24, 2.45) is 0 Å². The molecule has 7 heteroatoms. The smallest absolute Gasteiger partial charge is 0.198 e. The van der Waals surface area contributed by atoms with Gasteiger partial charge in [0.25, 0.3) is 0 Å². The van der Waals surface area contributed by atoms with Crippen molar-refractivity contribution >= 4 is 29.6 Å². The number of nitrogens with two attached hydrogens (primary N) is 1. The summed E-state index contributed by atoms with van der Waals surface area (Å²) in [5.41, 5.74) is 6.94. The molecule has 2 heterocycles. The van der Waals surface area contributed by atoms with Crippen molar-refractivity contribution in [2.75, 3.05) is 5.73 Å². The van der Waals surface area contributed by atoms with Crippen molar-refractivity contribution < 1.29 is 4.63 Å². The van der Waals surface area contributed by atoms with Crippen molar-refractivity contribution in [3.63, 3.8) is 0 Å². The molecule has 0 spiro atoms. The predicted octanol–water partition coefficient (Wildman–Crippen LogP) is 1.51. The van der Waals surface area contributed by atoms with Gasteiger partial charge in [0, 0.05) is 11.1 Å². The molecule has 0 aliphatic rings. The second-order valence-electron chi connectivity index (χ2n) is 2.29. The summed E-state index contributed by atoms with van der Waals surface area (Å²) in [6.07, 6.45) is 0. The van der Waals surface area contributed by atoms with Crippen molar-refractivity contribution in [3.05, 3.63) is 11.1 Å². The van der Waals surface area contributed by atoms with E-state index in [9.17, 15) is 0 Å². The third-order valence-electron chi connectivity index (χ3n) is 1.34. The molecule has 2 N–H and O–H groups in total. The molecular weight excluding hydrogens is 212 g/mol. The first kappa shape index (κ1) is 9.94. The average Bonchev–Trinajstić information content (AvgIpc) is 2.58. The number of nitrogens with zero attached hydrogens (tertiary/aromatic N) is 3. The third kappa shape index (κ3) is 1.78. The summed E-state index contributed by atoms with van der Waals surface area (Å²) in [6.45, 7) is 1.91. The highest BCUT2D eigenvalue weighted by Gasteiger charge is 2.11. The minimum Gasteiger partial charge on any atom is -0.379 e. The Labute approximate surface area is 84.3 Å². The van der Waals surface area contributed by atoms with Gasteiger partial charge in [-0.25, -0.2) is 9.61 Å². The van der Waals surface area contributed by atoms with Crippen LogP contribution in [0.2, 0.25) is 0 Å². The molecule has 0 aliphatic carbocycles. The minimum atomic E-state index is 0. The number of nitrogen functional groups attached to an aromatic ring is 1. The molecule has 0 aromatic carbocycles. The lowest BCUT2D eigenvalue weighted by Crippen LogP contribution is -1.87. The van der Waals surface area contributed by atoms with Crippen LogP contribution in [0.5, 0.6) is 0 Å². The Bertz CT molecular complexity index is 399. The van der Waals surface area contributed by atoms with Gasteiger partial charge in [-0.05, 0) is 17.2 Å². The minimum absolute atomic E-state index is 0. The van der Waals surface area contributed by atoms with Crippen LogP contribution in [0.3, 0.4) is 0 Å². The lowest BCUT2D eigenvalue weighted by Gasteiger charge is -1.85. The van der Waals surface area contributed by atoms with Crippen LogP contribution in [-0.2, 0) is 0 Å². The predicted molar refractivity (Wildman–Crippen MR) is 51.8 cm³/mol. The fourth-order valence-corrected chi connectivity index (χ4v) is 1.59. The van der Waals surface area contributed by atoms with E-state index in [2.05, 4.69) is 19.9 Å². The van der Waals surface area contributed by atoms with Crippen molar-refractivity contribution in [3.8, 4) is 10.7 Å². The maximum absolute atomic E-state index is 5.48. The molecule has 0 bridgehead atoms. The van der Waals surface area contributed by atoms with Crippen LogP contribution in [0.1, 0.15) is 5.69 Å². The van der Waals surface area contributed by atoms with E-state index in [0.717, 1.165) is 10.7 Å². The zero-order valence-corrected chi connectivity index (χ0v) is 8.35. The number of hydrogen-bond acceptors (Lipinski definition) is 6. The number of hydrogen-bond donors (Lipinski definition) is 1. The Balaban J connectivity index is 0.000000845. The Morgan fingerprint density at radius 1 is 1.46 bits per heavy atom. The van der Waals surface area contributed by atoms with Gasteiger partial charge in [-0.1, -0.05) is 0 Å². The zero-order valence-electron chi connectivity index (χ0n) is 6.72. The standard InChI is InChI=1S/C6H6N4OS.ClH/c1-3-2-12-6(8-3)4-5(7)10-11-9-4;/h2H,1H3,(H2,7,10);1H. The van der Waals surface area contributed by atoms with E-state index in [4.69, 9.17) is 5.73 Å². The molecule has 0 atom stereocenters. The molecule has 2 rings (SSSR count). The first-order chi connectivity index (χ1) is 5.77. The number of anilines is 1. The molecule has 0 amide bonds. The topological polar surface area (TPSA) is 77.8 Å². The fraction of sp³-hybridized carbons (Fsp3) is 0.167. The van der Waals surface area contributed by atoms with E-state index in [1.165, 1.54) is 11.3 Å². The Kier molecular flexibility index (Phi) is 2.84. The van der Waals surface area contributed by atoms with Crippen LogP contribution in [0.25, 0.3) is 10.7 Å². The fourth-order valence-electron chi connectivity index (χ4n) is 0.807. The summed E-state index contributed by atoms with van der Waals surface area (Å²) in [4.78, 5) is 4.19. The molecule has 2 aromatic rings. The SMILES string of the molecule is Cc1csc(-c2nonc2N)n1.Cl. The summed E-state index contributed by atoms with van der Waals surface area (Å²) in [6, 6.07) is 0. The third-order valence-corrected chi connectivity index (χ3v) is 2.30. The highest BCUT2D eigenvalue weighted by atomic mass is 35.5. The second kappa shape index (κ2) is 3.71. The van der Waals surface area contributed by atoms with Crippen LogP contribution in [-0.4, -0.2) is 15.3 Å². The van der Waals surface area contributed by atoms with E-state index in [-0.39, 0.29) is 18.2 Å². The van der Waals surface area contributed by atoms with Crippen LogP contribution in [0.15, 0.2) is 10.0 Å². The molecule has 0 radical (unpaired) electrons. The van der Waals surface area contributed by atoms with Crippen LogP contribution < -0.4 is 5.73 Å². The van der Waals surface area contributed by atoms with Crippen molar-refractivity contribution in [1.82, 2.24) is 15.3 Å². The normalized spacial score (nSPS) is 9.62. The first-order valence-electron chi connectivity index (χ1n) is 3.28. The van der Waals surface area contributed by atoms with Gasteiger partial charge in [0.05, 0.1) is 0 Å². The quantitative estimate of drug-likeness (QED) is 0.785. The molecule has 0 saturated heterocycles. The summed E-state index contributed by atoms with van der Waals surface area (Å²) < 4.78 is 4.45. The van der Waals surface area contributed by atoms with Crippen LogP contribution in [0.4, 0.5) is 5.82 Å². The van der Waals surface area contributed by atoms with E-state index in [1.807, 2.05) is 12.3 Å². The Hall–Kier alpha value is -1.14. The molecule has 5 nitrogen and oxygen atoms in total. The number of halogens is 1. The molecular formula is C6H7ClN4OS. The number of aromatic nitrogens is 3. The van der Waals surface area contributed by atoms with E-state index in [1.54, 1.807) is 0 Å². The van der Waals surface area contributed by atoms with Gasteiger partial charge in [0.15, 0.2) is 11.5 Å². The van der Waals surface area contributed by atoms with Crippen molar-refractivity contribution in [2.45, 2.75) is 6.92 Å². The zero-order chi connectivity index (χ0) is 8.55. The Morgan fingerprint density at radius 3 is 2.69 bits per heavy atom. The van der Waals surface area contributed by atoms with Gasteiger partial charge >= 0.3 is 0 Å². The molecule has 0 unspecified atom stereocenters. The molecule has 13 heavy (non-hydrogen) atoms. The largest absolute Gasteiger partial charge is 0.379 e. The van der Waals surface area contributed by atoms with Gasteiger partial charge in [0.2, 0.25) is 0 Å². The summed E-state index contributed by atoms with van der Waals surface area (Å²) >= 11 is 1.47. The van der Waals surface area contributed by atoms with Crippen LogP contribution in [0, 0.1) is 6.92 Å².